The van der Waals surface area contributed by atoms with Gasteiger partial charge in [0, 0.05) is 25.2 Å². The molecular formula is C17H20ClN. The quantitative estimate of drug-likeness (QED) is 0.729. The van der Waals surface area contributed by atoms with Crippen LogP contribution in [-0.4, -0.2) is 13.6 Å². The molecular weight excluding hydrogens is 254 g/mol. The fourth-order valence-electron chi connectivity index (χ4n) is 2.26. The molecule has 0 spiro atoms. The van der Waals surface area contributed by atoms with E-state index in [0.29, 0.717) is 5.88 Å². The molecule has 0 saturated heterocycles. The summed E-state index contributed by atoms with van der Waals surface area (Å²) in [5.74, 6) is 0.562. The fourth-order valence-corrected chi connectivity index (χ4v) is 2.47. The third kappa shape index (κ3) is 3.74. The number of hydrogen-bond donors (Lipinski definition) is 0. The van der Waals surface area contributed by atoms with Gasteiger partial charge in [-0.3, -0.25) is 0 Å². The van der Waals surface area contributed by atoms with E-state index in [1.807, 2.05) is 0 Å². The summed E-state index contributed by atoms with van der Waals surface area (Å²) >= 11 is 6.04. The van der Waals surface area contributed by atoms with Crippen LogP contribution in [0.2, 0.25) is 0 Å². The Morgan fingerprint density at radius 2 is 1.79 bits per heavy atom. The molecule has 0 radical (unpaired) electrons. The Morgan fingerprint density at radius 3 is 2.47 bits per heavy atom. The van der Waals surface area contributed by atoms with Gasteiger partial charge < -0.3 is 4.90 Å². The lowest BCUT2D eigenvalue weighted by Gasteiger charge is -2.22. The van der Waals surface area contributed by atoms with Crippen molar-refractivity contribution in [2.45, 2.75) is 19.2 Å². The zero-order valence-electron chi connectivity index (χ0n) is 11.6. The molecule has 0 aliphatic rings. The Kier molecular flexibility index (Phi) is 4.86. The second-order valence-corrected chi connectivity index (χ2v) is 5.19. The second kappa shape index (κ2) is 6.63. The molecule has 0 saturated carbocycles. The number of aryl methyl sites for hydroxylation is 1. The largest absolute Gasteiger partial charge is 0.374 e. The Bertz CT molecular complexity index is 522. The van der Waals surface area contributed by atoms with Crippen LogP contribution in [0.4, 0.5) is 5.69 Å². The number of halogens is 1. The molecule has 19 heavy (non-hydrogen) atoms. The van der Waals surface area contributed by atoms with Gasteiger partial charge in [0.25, 0.3) is 0 Å². The van der Waals surface area contributed by atoms with Crippen molar-refractivity contribution in [1.29, 1.82) is 0 Å². The van der Waals surface area contributed by atoms with Crippen LogP contribution in [0.1, 0.15) is 16.7 Å². The number of alkyl halides is 1. The van der Waals surface area contributed by atoms with E-state index in [2.05, 4.69) is 67.4 Å². The average Bonchev–Trinajstić information content (AvgIpc) is 2.45. The summed E-state index contributed by atoms with van der Waals surface area (Å²) in [6.45, 7) is 3.10. The van der Waals surface area contributed by atoms with Crippen LogP contribution in [-0.2, 0) is 12.3 Å². The predicted molar refractivity (Wildman–Crippen MR) is 84.2 cm³/mol. The molecule has 0 aliphatic carbocycles. The lowest BCUT2D eigenvalue weighted by atomic mass is 10.1. The molecule has 2 aromatic carbocycles. The molecule has 2 aromatic rings. The van der Waals surface area contributed by atoms with Gasteiger partial charge >= 0.3 is 0 Å². The van der Waals surface area contributed by atoms with E-state index < -0.39 is 0 Å². The third-order valence-corrected chi connectivity index (χ3v) is 3.66. The van der Waals surface area contributed by atoms with E-state index in [4.69, 9.17) is 11.6 Å². The number of rotatable bonds is 5. The van der Waals surface area contributed by atoms with Crippen molar-refractivity contribution < 1.29 is 0 Å². The smallest absolute Gasteiger partial charge is 0.0494 e. The van der Waals surface area contributed by atoms with Crippen LogP contribution in [0, 0.1) is 6.92 Å². The van der Waals surface area contributed by atoms with Gasteiger partial charge in [-0.2, -0.15) is 0 Å². The van der Waals surface area contributed by atoms with Crippen molar-refractivity contribution in [3.8, 4) is 0 Å². The van der Waals surface area contributed by atoms with Crippen molar-refractivity contribution in [1.82, 2.24) is 0 Å². The van der Waals surface area contributed by atoms with E-state index in [1.165, 1.54) is 22.4 Å². The van der Waals surface area contributed by atoms with E-state index in [9.17, 15) is 0 Å². The number of likely N-dealkylation sites (N-methyl/N-ethyl adjacent to an activating group) is 1. The zero-order chi connectivity index (χ0) is 13.7. The minimum absolute atomic E-state index is 0.562. The molecule has 0 N–H and O–H groups in total. The van der Waals surface area contributed by atoms with Gasteiger partial charge in [0.05, 0.1) is 0 Å². The normalized spacial score (nSPS) is 10.5. The van der Waals surface area contributed by atoms with Crippen LogP contribution in [0.3, 0.4) is 0 Å². The number of benzene rings is 2. The molecule has 0 bridgehead atoms. The number of hydrogen-bond acceptors (Lipinski definition) is 1. The lowest BCUT2D eigenvalue weighted by Crippen LogP contribution is -2.21. The topological polar surface area (TPSA) is 3.24 Å². The Balaban J connectivity index is 2.05. The molecule has 0 aliphatic heterocycles. The summed E-state index contributed by atoms with van der Waals surface area (Å²) in [4.78, 5) is 2.28. The van der Waals surface area contributed by atoms with Gasteiger partial charge in [-0.15, -0.1) is 11.6 Å². The first-order valence-corrected chi connectivity index (χ1v) is 7.14. The summed E-state index contributed by atoms with van der Waals surface area (Å²) in [7, 11) is 2.13. The van der Waals surface area contributed by atoms with Crippen molar-refractivity contribution in [3.05, 3.63) is 65.2 Å². The summed E-state index contributed by atoms with van der Waals surface area (Å²) in [5, 5.41) is 0. The molecule has 1 nitrogen and oxygen atoms in total. The molecule has 0 amide bonds. The second-order valence-electron chi connectivity index (χ2n) is 4.92. The molecule has 0 fully saturated rings. The summed E-state index contributed by atoms with van der Waals surface area (Å²) < 4.78 is 0. The molecule has 2 rings (SSSR count). The van der Waals surface area contributed by atoms with E-state index in [1.54, 1.807) is 0 Å². The maximum atomic E-state index is 6.04. The van der Waals surface area contributed by atoms with Crippen LogP contribution in [0.25, 0.3) is 0 Å². The highest BCUT2D eigenvalue weighted by Crippen LogP contribution is 2.23. The standard InChI is InChI=1S/C17H20ClN/c1-14-8-9-17(16(12-14)13-18)19(2)11-10-15-6-4-3-5-7-15/h3-9,12H,10-11,13H2,1-2H3. The number of nitrogens with zero attached hydrogens (tertiary/aromatic N) is 1. The predicted octanol–water partition coefficient (Wildman–Crippen LogP) is 4.41. The Hall–Kier alpha value is -1.47. The van der Waals surface area contributed by atoms with E-state index in [-0.39, 0.29) is 0 Å². The van der Waals surface area contributed by atoms with E-state index >= 15 is 0 Å². The highest BCUT2D eigenvalue weighted by molar-refractivity contribution is 6.17. The van der Waals surface area contributed by atoms with Gasteiger partial charge in [-0.25, -0.2) is 0 Å². The van der Waals surface area contributed by atoms with Crippen molar-refractivity contribution in [2.75, 3.05) is 18.5 Å². The highest BCUT2D eigenvalue weighted by atomic mass is 35.5. The van der Waals surface area contributed by atoms with Gasteiger partial charge in [-0.05, 0) is 30.5 Å². The van der Waals surface area contributed by atoms with E-state index in [0.717, 1.165) is 13.0 Å². The number of anilines is 1. The SMILES string of the molecule is Cc1ccc(N(C)CCc2ccccc2)c(CCl)c1. The molecule has 0 heterocycles. The van der Waals surface area contributed by atoms with Crippen molar-refractivity contribution >= 4 is 17.3 Å². The lowest BCUT2D eigenvalue weighted by molar-refractivity contribution is 0.872. The summed E-state index contributed by atoms with van der Waals surface area (Å²) in [6, 6.07) is 17.1. The Morgan fingerprint density at radius 1 is 1.05 bits per heavy atom. The van der Waals surface area contributed by atoms with Crippen molar-refractivity contribution in [2.24, 2.45) is 0 Å². The van der Waals surface area contributed by atoms with Crippen LogP contribution < -0.4 is 4.90 Å². The van der Waals surface area contributed by atoms with Gasteiger partial charge in [-0.1, -0.05) is 48.0 Å². The Labute approximate surface area is 120 Å². The monoisotopic (exact) mass is 273 g/mol. The summed E-state index contributed by atoms with van der Waals surface area (Å²) in [5.41, 5.74) is 5.07. The van der Waals surface area contributed by atoms with Crippen LogP contribution in [0.15, 0.2) is 48.5 Å². The highest BCUT2D eigenvalue weighted by Gasteiger charge is 2.07. The van der Waals surface area contributed by atoms with Gasteiger partial charge in [0.1, 0.15) is 0 Å². The fraction of sp³-hybridized carbons (Fsp3) is 0.294. The molecule has 2 heteroatoms. The van der Waals surface area contributed by atoms with Gasteiger partial charge in [0.2, 0.25) is 0 Å². The first-order chi connectivity index (χ1) is 9.20. The first kappa shape index (κ1) is 14.0. The molecule has 0 unspecified atom stereocenters. The molecule has 0 atom stereocenters. The minimum atomic E-state index is 0.562. The third-order valence-electron chi connectivity index (χ3n) is 3.37. The molecule has 0 aromatic heterocycles. The summed E-state index contributed by atoms with van der Waals surface area (Å²) in [6.07, 6.45) is 1.05. The average molecular weight is 274 g/mol. The minimum Gasteiger partial charge on any atom is -0.374 e. The van der Waals surface area contributed by atoms with Gasteiger partial charge in [0.15, 0.2) is 0 Å². The van der Waals surface area contributed by atoms with Crippen molar-refractivity contribution in [3.63, 3.8) is 0 Å². The maximum Gasteiger partial charge on any atom is 0.0494 e. The zero-order valence-corrected chi connectivity index (χ0v) is 12.3. The maximum absolute atomic E-state index is 6.04. The van der Waals surface area contributed by atoms with Crippen LogP contribution in [0.5, 0.6) is 0 Å². The molecule has 100 valence electrons. The first-order valence-electron chi connectivity index (χ1n) is 6.61. The van der Waals surface area contributed by atoms with Crippen LogP contribution >= 0.6 is 11.6 Å².